The molecule has 0 aliphatic carbocycles. The van der Waals surface area contributed by atoms with Crippen molar-refractivity contribution in [2.24, 2.45) is 11.8 Å². The van der Waals surface area contributed by atoms with E-state index in [1.807, 2.05) is 0 Å². The number of esters is 4. The lowest BCUT2D eigenvalue weighted by atomic mass is 10.00. The van der Waals surface area contributed by atoms with Crippen LogP contribution in [0.1, 0.15) is 459 Å². The molecule has 0 aromatic carbocycles. The Morgan fingerprint density at radius 2 is 0.486 bits per heavy atom. The summed E-state index contributed by atoms with van der Waals surface area (Å²) in [5.74, 6) is -0.587. The molecule has 0 rings (SSSR count). The van der Waals surface area contributed by atoms with Crippen LogP contribution in [0.3, 0.4) is 0 Å². The fourth-order valence-corrected chi connectivity index (χ4v) is 15.0. The number of ether oxygens (including phenoxy) is 4. The standard InChI is InChI=1S/C86H168O17P2/c1-7-10-12-14-16-18-20-22-24-26-28-29-30-32-34-38-42-46-50-58-64-70-85(90)102-81(74-96-83(88)68-62-56-49-45-41-37-33-31-27-25-23-21-19-17-15-13-11-8-2)76-100-104(92,93)98-72-80(87)73-99-105(94,95)101-77-82(75-97-84(89)69-63-57-53-52-55-61-67-79(6)9-3)103-86(91)71-65-59-51-47-43-39-35-36-40-44-48-54-60-66-78(4)5/h78-82,87H,7-77H2,1-6H3,(H,92,93)(H,94,95)/t79?,80-,81-,82-/m1/s1. The van der Waals surface area contributed by atoms with Gasteiger partial charge in [-0.15, -0.1) is 0 Å². The molecular formula is C86H168O17P2. The number of hydrogen-bond acceptors (Lipinski definition) is 15. The normalized spacial score (nSPS) is 14.1. The quantitative estimate of drug-likeness (QED) is 0.0222. The Balaban J connectivity index is 5.23. The molecule has 19 heteroatoms. The van der Waals surface area contributed by atoms with Crippen LogP contribution in [0.15, 0.2) is 0 Å². The zero-order chi connectivity index (χ0) is 77.1. The van der Waals surface area contributed by atoms with Crippen molar-refractivity contribution in [3.63, 3.8) is 0 Å². The molecule has 0 aliphatic rings. The van der Waals surface area contributed by atoms with Gasteiger partial charge in [0.1, 0.15) is 19.3 Å². The summed E-state index contributed by atoms with van der Waals surface area (Å²) >= 11 is 0. The minimum atomic E-state index is -4.97. The highest BCUT2D eigenvalue weighted by molar-refractivity contribution is 7.47. The van der Waals surface area contributed by atoms with Crippen molar-refractivity contribution >= 4 is 39.5 Å². The molecule has 0 saturated heterocycles. The molecule has 17 nitrogen and oxygen atoms in total. The Morgan fingerprint density at radius 1 is 0.276 bits per heavy atom. The van der Waals surface area contributed by atoms with Crippen molar-refractivity contribution in [2.75, 3.05) is 39.6 Å². The predicted molar refractivity (Wildman–Crippen MR) is 432 cm³/mol. The number of aliphatic hydroxyl groups excluding tert-OH is 1. The highest BCUT2D eigenvalue weighted by Gasteiger charge is 2.30. The van der Waals surface area contributed by atoms with Crippen LogP contribution in [-0.4, -0.2) is 96.7 Å². The first-order valence-corrected chi connectivity index (χ1v) is 47.5. The van der Waals surface area contributed by atoms with Crippen LogP contribution < -0.4 is 0 Å². The molecule has 3 unspecified atom stereocenters. The van der Waals surface area contributed by atoms with Crippen LogP contribution in [0.2, 0.25) is 0 Å². The van der Waals surface area contributed by atoms with Crippen LogP contribution >= 0.6 is 15.6 Å². The van der Waals surface area contributed by atoms with Gasteiger partial charge in [0.2, 0.25) is 0 Å². The van der Waals surface area contributed by atoms with E-state index in [9.17, 15) is 43.2 Å². The topological polar surface area (TPSA) is 237 Å². The van der Waals surface area contributed by atoms with Gasteiger partial charge in [-0.1, -0.05) is 408 Å². The number of aliphatic hydroxyl groups is 1. The second kappa shape index (κ2) is 77.4. The molecule has 3 N–H and O–H groups in total. The summed E-state index contributed by atoms with van der Waals surface area (Å²) in [4.78, 5) is 73.2. The maximum atomic E-state index is 13.1. The van der Waals surface area contributed by atoms with Gasteiger partial charge in [0.25, 0.3) is 0 Å². The van der Waals surface area contributed by atoms with E-state index < -0.39 is 97.5 Å². The van der Waals surface area contributed by atoms with E-state index in [1.54, 1.807) is 0 Å². The van der Waals surface area contributed by atoms with Gasteiger partial charge in [-0.05, 0) is 37.5 Å². The van der Waals surface area contributed by atoms with Crippen molar-refractivity contribution in [3.05, 3.63) is 0 Å². The molecule has 0 aromatic rings. The van der Waals surface area contributed by atoms with E-state index in [0.717, 1.165) is 108 Å². The summed E-state index contributed by atoms with van der Waals surface area (Å²) in [5.41, 5.74) is 0. The number of carbonyl (C=O) groups is 4. The monoisotopic (exact) mass is 1540 g/mol. The smallest absolute Gasteiger partial charge is 0.462 e. The summed E-state index contributed by atoms with van der Waals surface area (Å²) < 4.78 is 68.9. The lowest BCUT2D eigenvalue weighted by Crippen LogP contribution is -2.30. The van der Waals surface area contributed by atoms with Crippen LogP contribution in [0.5, 0.6) is 0 Å². The molecule has 0 spiro atoms. The molecule has 624 valence electrons. The Hall–Kier alpha value is -1.94. The lowest BCUT2D eigenvalue weighted by molar-refractivity contribution is -0.161. The summed E-state index contributed by atoms with van der Waals surface area (Å²) in [6.45, 7) is 9.64. The number of phosphoric acid groups is 2. The van der Waals surface area contributed by atoms with E-state index in [2.05, 4.69) is 41.5 Å². The van der Waals surface area contributed by atoms with E-state index in [4.69, 9.17) is 37.0 Å². The van der Waals surface area contributed by atoms with Gasteiger partial charge in [-0.2, -0.15) is 0 Å². The van der Waals surface area contributed by atoms with Gasteiger partial charge in [-0.25, -0.2) is 9.13 Å². The van der Waals surface area contributed by atoms with E-state index >= 15 is 0 Å². The summed E-state index contributed by atoms with van der Waals surface area (Å²) in [7, 11) is -9.93. The Bertz CT molecular complexity index is 2010. The van der Waals surface area contributed by atoms with E-state index in [1.165, 1.54) is 270 Å². The van der Waals surface area contributed by atoms with Gasteiger partial charge in [0.15, 0.2) is 12.2 Å². The summed E-state index contributed by atoms with van der Waals surface area (Å²) in [6.07, 6.45) is 69.5. The first-order valence-electron chi connectivity index (χ1n) is 44.5. The lowest BCUT2D eigenvalue weighted by Gasteiger charge is -2.21. The molecule has 6 atom stereocenters. The fraction of sp³-hybridized carbons (Fsp3) is 0.953. The molecular weight excluding hydrogens is 1370 g/mol. The SMILES string of the molecule is CCCCCCCCCCCCCCCCCCCCCCCC(=O)O[C@H](COC(=O)CCCCCCCCCCCCCCCCCCCC)COP(=O)(O)OC[C@@H](O)COP(=O)(O)OC[C@@H](COC(=O)CCCCCCCCC(C)CC)OC(=O)CCCCCCCCCCCCCCCC(C)C. The first kappa shape index (κ1) is 103. The van der Waals surface area contributed by atoms with E-state index in [-0.39, 0.29) is 25.7 Å². The van der Waals surface area contributed by atoms with Gasteiger partial charge < -0.3 is 33.8 Å². The molecule has 105 heavy (non-hydrogen) atoms. The highest BCUT2D eigenvalue weighted by atomic mass is 31.2. The van der Waals surface area contributed by atoms with Crippen LogP contribution in [0, 0.1) is 11.8 Å². The minimum absolute atomic E-state index is 0.107. The number of phosphoric ester groups is 2. The third kappa shape index (κ3) is 78.5. The first-order chi connectivity index (χ1) is 50.9. The Kier molecular flexibility index (Phi) is 76.0. The van der Waals surface area contributed by atoms with Gasteiger partial charge in [-0.3, -0.25) is 37.3 Å². The predicted octanol–water partition coefficient (Wildman–Crippen LogP) is 26.2. The molecule has 0 bridgehead atoms. The second-order valence-corrected chi connectivity index (χ2v) is 34.6. The van der Waals surface area contributed by atoms with Gasteiger partial charge in [0, 0.05) is 25.7 Å². The number of unbranched alkanes of at least 4 members (excludes halogenated alkanes) is 54. The van der Waals surface area contributed by atoms with Crippen LogP contribution in [0.4, 0.5) is 0 Å². The fourth-order valence-electron chi connectivity index (χ4n) is 13.4. The van der Waals surface area contributed by atoms with Crippen LogP contribution in [-0.2, 0) is 65.4 Å². The minimum Gasteiger partial charge on any atom is -0.462 e. The van der Waals surface area contributed by atoms with Crippen molar-refractivity contribution in [1.82, 2.24) is 0 Å². The Morgan fingerprint density at radius 3 is 0.724 bits per heavy atom. The summed E-state index contributed by atoms with van der Waals surface area (Å²) in [5, 5.41) is 10.7. The molecule has 0 radical (unpaired) electrons. The second-order valence-electron chi connectivity index (χ2n) is 31.6. The third-order valence-electron chi connectivity index (χ3n) is 20.6. The van der Waals surface area contributed by atoms with Gasteiger partial charge in [0.05, 0.1) is 26.4 Å². The molecule has 0 aliphatic heterocycles. The van der Waals surface area contributed by atoms with E-state index in [0.29, 0.717) is 25.7 Å². The maximum Gasteiger partial charge on any atom is 0.472 e. The number of carbonyl (C=O) groups excluding carboxylic acids is 4. The molecule has 0 saturated carbocycles. The summed E-state index contributed by atoms with van der Waals surface area (Å²) in [6, 6.07) is 0. The average molecular weight is 1540 g/mol. The Labute approximate surface area is 645 Å². The van der Waals surface area contributed by atoms with Gasteiger partial charge >= 0.3 is 39.5 Å². The van der Waals surface area contributed by atoms with Crippen molar-refractivity contribution in [3.8, 4) is 0 Å². The molecule has 0 heterocycles. The van der Waals surface area contributed by atoms with Crippen molar-refractivity contribution < 1.29 is 80.2 Å². The highest BCUT2D eigenvalue weighted by Crippen LogP contribution is 2.45. The molecule has 0 amide bonds. The zero-order valence-corrected chi connectivity index (χ0v) is 70.8. The maximum absolute atomic E-state index is 13.1. The largest absolute Gasteiger partial charge is 0.472 e. The molecule has 0 fully saturated rings. The molecule has 0 aromatic heterocycles. The zero-order valence-electron chi connectivity index (χ0n) is 69.0. The number of hydrogen-bond donors (Lipinski definition) is 3. The van der Waals surface area contributed by atoms with Crippen LogP contribution in [0.25, 0.3) is 0 Å². The third-order valence-corrected chi connectivity index (χ3v) is 22.5. The number of rotatable bonds is 85. The van der Waals surface area contributed by atoms with Crippen molar-refractivity contribution in [2.45, 2.75) is 477 Å². The van der Waals surface area contributed by atoms with Crippen molar-refractivity contribution in [1.29, 1.82) is 0 Å². The average Bonchev–Trinajstić information content (AvgIpc) is 0.922.